The Labute approximate surface area is 111 Å². The third kappa shape index (κ3) is 2.40. The van der Waals surface area contributed by atoms with Crippen molar-refractivity contribution in [3.63, 3.8) is 0 Å². The van der Waals surface area contributed by atoms with E-state index < -0.39 is 9.84 Å². The van der Waals surface area contributed by atoms with Crippen LogP contribution in [-0.4, -0.2) is 35.6 Å². The molecule has 1 aliphatic rings. The van der Waals surface area contributed by atoms with Gasteiger partial charge in [-0.15, -0.1) is 0 Å². The van der Waals surface area contributed by atoms with Crippen molar-refractivity contribution in [1.29, 1.82) is 0 Å². The lowest BCUT2D eigenvalue weighted by Gasteiger charge is -2.03. The first-order valence-corrected chi connectivity index (χ1v) is 8.02. The SMILES string of the molecule is O=Cc1cccc2nc(CC3CCS(=O)(=O)C3)cn12. The fourth-order valence-electron chi connectivity index (χ4n) is 2.61. The van der Waals surface area contributed by atoms with Crippen LogP contribution in [0.5, 0.6) is 0 Å². The number of hydrogen-bond donors (Lipinski definition) is 0. The minimum absolute atomic E-state index is 0.148. The first kappa shape index (κ1) is 12.3. The van der Waals surface area contributed by atoms with E-state index in [1.54, 1.807) is 16.5 Å². The zero-order valence-electron chi connectivity index (χ0n) is 10.3. The number of rotatable bonds is 3. The highest BCUT2D eigenvalue weighted by Gasteiger charge is 2.28. The van der Waals surface area contributed by atoms with Crippen molar-refractivity contribution >= 4 is 21.8 Å². The Morgan fingerprint density at radius 1 is 1.42 bits per heavy atom. The second kappa shape index (κ2) is 4.45. The standard InChI is InChI=1S/C13H14N2O3S/c16-8-12-2-1-3-13-14-11(7-15(12)13)6-10-4-5-19(17,18)9-10/h1-3,7-8,10H,4-6,9H2. The Morgan fingerprint density at radius 2 is 2.26 bits per heavy atom. The van der Waals surface area contributed by atoms with E-state index in [9.17, 15) is 13.2 Å². The second-order valence-corrected chi connectivity index (χ2v) is 7.23. The second-order valence-electron chi connectivity index (χ2n) is 5.00. The first-order valence-electron chi connectivity index (χ1n) is 6.20. The molecule has 0 aromatic carbocycles. The third-order valence-electron chi connectivity index (χ3n) is 3.52. The molecule has 0 aliphatic carbocycles. The lowest BCUT2D eigenvalue weighted by atomic mass is 10.0. The molecule has 0 bridgehead atoms. The largest absolute Gasteiger partial charge is 0.297 e. The van der Waals surface area contributed by atoms with Crippen LogP contribution in [0.25, 0.3) is 5.65 Å². The molecule has 0 N–H and O–H groups in total. The van der Waals surface area contributed by atoms with Gasteiger partial charge in [-0.3, -0.25) is 9.20 Å². The van der Waals surface area contributed by atoms with Gasteiger partial charge in [0.15, 0.2) is 16.1 Å². The van der Waals surface area contributed by atoms with Crippen molar-refractivity contribution in [3.8, 4) is 0 Å². The Kier molecular flexibility index (Phi) is 2.89. The predicted molar refractivity (Wildman–Crippen MR) is 71.0 cm³/mol. The van der Waals surface area contributed by atoms with Gasteiger partial charge in [-0.05, 0) is 30.9 Å². The summed E-state index contributed by atoms with van der Waals surface area (Å²) in [6.45, 7) is 0. The van der Waals surface area contributed by atoms with E-state index in [0.717, 1.165) is 17.6 Å². The van der Waals surface area contributed by atoms with Crippen molar-refractivity contribution < 1.29 is 13.2 Å². The van der Waals surface area contributed by atoms with Gasteiger partial charge in [-0.25, -0.2) is 13.4 Å². The molecule has 1 atom stereocenters. The summed E-state index contributed by atoms with van der Waals surface area (Å²) in [6, 6.07) is 5.35. The highest BCUT2D eigenvalue weighted by Crippen LogP contribution is 2.22. The van der Waals surface area contributed by atoms with E-state index >= 15 is 0 Å². The average molecular weight is 278 g/mol. The monoisotopic (exact) mass is 278 g/mol. The van der Waals surface area contributed by atoms with E-state index in [4.69, 9.17) is 0 Å². The summed E-state index contributed by atoms with van der Waals surface area (Å²) in [5, 5.41) is 0. The van der Waals surface area contributed by atoms with Crippen LogP contribution < -0.4 is 0 Å². The first-order chi connectivity index (χ1) is 9.07. The fourth-order valence-corrected chi connectivity index (χ4v) is 4.47. The topological polar surface area (TPSA) is 68.5 Å². The summed E-state index contributed by atoms with van der Waals surface area (Å²) < 4.78 is 24.6. The van der Waals surface area contributed by atoms with Crippen molar-refractivity contribution in [2.75, 3.05) is 11.5 Å². The summed E-state index contributed by atoms with van der Waals surface area (Å²) in [5.74, 6) is 0.682. The molecule has 0 amide bonds. The molecule has 1 fully saturated rings. The maximum Gasteiger partial charge on any atom is 0.166 e. The molecule has 0 saturated carbocycles. The maximum atomic E-state index is 11.4. The fraction of sp³-hybridized carbons (Fsp3) is 0.385. The molecule has 0 spiro atoms. The van der Waals surface area contributed by atoms with Crippen LogP contribution in [0.15, 0.2) is 24.4 Å². The number of nitrogens with zero attached hydrogens (tertiary/aromatic N) is 2. The van der Waals surface area contributed by atoms with Crippen LogP contribution in [0.1, 0.15) is 22.6 Å². The van der Waals surface area contributed by atoms with Gasteiger partial charge >= 0.3 is 0 Å². The smallest absolute Gasteiger partial charge is 0.166 e. The molecule has 19 heavy (non-hydrogen) atoms. The van der Waals surface area contributed by atoms with Crippen molar-refractivity contribution in [2.24, 2.45) is 5.92 Å². The zero-order chi connectivity index (χ0) is 13.5. The number of aldehydes is 1. The number of pyridine rings is 1. The van der Waals surface area contributed by atoms with Crippen LogP contribution in [0.2, 0.25) is 0 Å². The predicted octanol–water partition coefficient (Wildman–Crippen LogP) is 1.12. The van der Waals surface area contributed by atoms with Gasteiger partial charge in [-0.1, -0.05) is 6.07 Å². The highest BCUT2D eigenvalue weighted by molar-refractivity contribution is 7.91. The summed E-state index contributed by atoms with van der Waals surface area (Å²) >= 11 is 0. The Hall–Kier alpha value is -1.69. The van der Waals surface area contributed by atoms with E-state index in [-0.39, 0.29) is 17.4 Å². The molecule has 100 valence electrons. The van der Waals surface area contributed by atoms with Crippen LogP contribution in [0.4, 0.5) is 0 Å². The van der Waals surface area contributed by atoms with Gasteiger partial charge in [-0.2, -0.15) is 0 Å². The number of carbonyl (C=O) groups is 1. The molecule has 0 radical (unpaired) electrons. The van der Waals surface area contributed by atoms with Gasteiger partial charge in [0.05, 0.1) is 22.9 Å². The van der Waals surface area contributed by atoms with Crippen LogP contribution in [-0.2, 0) is 16.3 Å². The Bertz CT molecular complexity index is 733. The molecule has 2 aromatic heterocycles. The van der Waals surface area contributed by atoms with E-state index in [2.05, 4.69) is 4.98 Å². The van der Waals surface area contributed by atoms with Crippen molar-refractivity contribution in [2.45, 2.75) is 12.8 Å². The molecule has 6 heteroatoms. The van der Waals surface area contributed by atoms with E-state index in [1.165, 1.54) is 0 Å². The minimum Gasteiger partial charge on any atom is -0.297 e. The molecule has 1 saturated heterocycles. The van der Waals surface area contributed by atoms with Crippen molar-refractivity contribution in [3.05, 3.63) is 35.8 Å². The van der Waals surface area contributed by atoms with Crippen molar-refractivity contribution in [1.82, 2.24) is 9.38 Å². The number of fused-ring (bicyclic) bond motifs is 1. The summed E-state index contributed by atoms with van der Waals surface area (Å²) in [7, 11) is -2.85. The summed E-state index contributed by atoms with van der Waals surface area (Å²) in [5.41, 5.74) is 2.12. The molecule has 2 aromatic rings. The molecule has 3 heterocycles. The molecular weight excluding hydrogens is 264 g/mol. The molecular formula is C13H14N2O3S. The quantitative estimate of drug-likeness (QED) is 0.789. The normalized spacial score (nSPS) is 21.8. The van der Waals surface area contributed by atoms with Gasteiger partial charge in [0.2, 0.25) is 0 Å². The number of imidazole rings is 1. The number of sulfone groups is 1. The highest BCUT2D eigenvalue weighted by atomic mass is 32.2. The number of aromatic nitrogens is 2. The summed E-state index contributed by atoms with van der Waals surface area (Å²) in [6.07, 6.45) is 3.97. The van der Waals surface area contributed by atoms with Crippen LogP contribution >= 0.6 is 0 Å². The average Bonchev–Trinajstić information content (AvgIpc) is 2.91. The van der Waals surface area contributed by atoms with Gasteiger partial charge in [0.25, 0.3) is 0 Å². The molecule has 1 aliphatic heterocycles. The molecule has 5 nitrogen and oxygen atoms in total. The lowest BCUT2D eigenvalue weighted by molar-refractivity contribution is 0.111. The van der Waals surface area contributed by atoms with Gasteiger partial charge < -0.3 is 0 Å². The molecule has 1 unspecified atom stereocenters. The minimum atomic E-state index is -2.85. The van der Waals surface area contributed by atoms with Crippen LogP contribution in [0, 0.1) is 5.92 Å². The van der Waals surface area contributed by atoms with E-state index in [1.807, 2.05) is 12.3 Å². The lowest BCUT2D eigenvalue weighted by Crippen LogP contribution is -2.07. The maximum absolute atomic E-state index is 11.4. The Morgan fingerprint density at radius 3 is 2.95 bits per heavy atom. The number of hydrogen-bond acceptors (Lipinski definition) is 4. The molecule has 3 rings (SSSR count). The van der Waals surface area contributed by atoms with Gasteiger partial charge in [0, 0.05) is 6.20 Å². The Balaban J connectivity index is 1.88. The van der Waals surface area contributed by atoms with Crippen LogP contribution in [0.3, 0.4) is 0 Å². The summed E-state index contributed by atoms with van der Waals surface area (Å²) in [4.78, 5) is 15.4. The van der Waals surface area contributed by atoms with E-state index in [0.29, 0.717) is 18.5 Å². The third-order valence-corrected chi connectivity index (χ3v) is 5.36. The number of carbonyl (C=O) groups excluding carboxylic acids is 1. The zero-order valence-corrected chi connectivity index (χ0v) is 11.1. The van der Waals surface area contributed by atoms with Gasteiger partial charge in [0.1, 0.15) is 5.65 Å².